The Hall–Kier alpha value is -1.38. The van der Waals surface area contributed by atoms with Crippen molar-refractivity contribution >= 4 is 34.6 Å². The molecule has 0 unspecified atom stereocenters. The Kier molecular flexibility index (Phi) is 4.00. The van der Waals surface area contributed by atoms with Crippen LogP contribution < -0.4 is 11.1 Å². The van der Waals surface area contributed by atoms with Crippen LogP contribution in [0.15, 0.2) is 36.4 Å². The van der Waals surface area contributed by atoms with Crippen LogP contribution >= 0.6 is 23.2 Å². The Morgan fingerprint density at radius 3 is 2.56 bits per heavy atom. The zero-order valence-electron chi connectivity index (χ0n) is 10.0. The Bertz CT molecular complexity index is 568. The predicted octanol–water partition coefficient (Wildman–Crippen LogP) is 4.50. The number of rotatable bonds is 3. The van der Waals surface area contributed by atoms with Crippen molar-refractivity contribution in [2.24, 2.45) is 0 Å². The number of halogens is 2. The molecule has 0 aliphatic rings. The Morgan fingerprint density at radius 2 is 1.83 bits per heavy atom. The SMILES string of the molecule is Cc1cc(N)c(NCc2ccccc2Cl)cc1Cl. The van der Waals surface area contributed by atoms with Crippen LogP contribution in [-0.4, -0.2) is 0 Å². The van der Waals surface area contributed by atoms with Crippen LogP contribution in [0.5, 0.6) is 0 Å². The van der Waals surface area contributed by atoms with Crippen LogP contribution in [0.25, 0.3) is 0 Å². The lowest BCUT2D eigenvalue weighted by Crippen LogP contribution is -2.03. The number of anilines is 2. The molecule has 0 aromatic heterocycles. The molecular weight excluding hydrogens is 267 g/mol. The fraction of sp³-hybridized carbons (Fsp3) is 0.143. The van der Waals surface area contributed by atoms with E-state index in [0.29, 0.717) is 17.3 Å². The molecule has 0 aliphatic heterocycles. The summed E-state index contributed by atoms with van der Waals surface area (Å²) in [5, 5.41) is 4.68. The van der Waals surface area contributed by atoms with Crippen molar-refractivity contribution in [3.05, 3.63) is 57.6 Å². The van der Waals surface area contributed by atoms with Gasteiger partial charge in [0.05, 0.1) is 11.4 Å². The van der Waals surface area contributed by atoms with Gasteiger partial charge in [-0.05, 0) is 36.2 Å². The van der Waals surface area contributed by atoms with Gasteiger partial charge in [-0.15, -0.1) is 0 Å². The molecule has 18 heavy (non-hydrogen) atoms. The van der Waals surface area contributed by atoms with E-state index in [0.717, 1.165) is 21.8 Å². The van der Waals surface area contributed by atoms with Crippen molar-refractivity contribution in [2.45, 2.75) is 13.5 Å². The molecule has 0 heterocycles. The first-order valence-electron chi connectivity index (χ1n) is 5.61. The zero-order valence-corrected chi connectivity index (χ0v) is 11.5. The Balaban J connectivity index is 2.16. The largest absolute Gasteiger partial charge is 0.397 e. The van der Waals surface area contributed by atoms with Gasteiger partial charge in [0, 0.05) is 16.6 Å². The van der Waals surface area contributed by atoms with Crippen molar-refractivity contribution in [3.8, 4) is 0 Å². The molecule has 0 radical (unpaired) electrons. The number of aryl methyl sites for hydroxylation is 1. The van der Waals surface area contributed by atoms with E-state index in [1.165, 1.54) is 0 Å². The summed E-state index contributed by atoms with van der Waals surface area (Å²) in [7, 11) is 0. The summed E-state index contributed by atoms with van der Waals surface area (Å²) in [4.78, 5) is 0. The first-order valence-corrected chi connectivity index (χ1v) is 6.36. The summed E-state index contributed by atoms with van der Waals surface area (Å²) in [6, 6.07) is 11.4. The number of nitrogens with two attached hydrogens (primary N) is 1. The van der Waals surface area contributed by atoms with Gasteiger partial charge < -0.3 is 11.1 Å². The fourth-order valence-electron chi connectivity index (χ4n) is 1.69. The van der Waals surface area contributed by atoms with Crippen molar-refractivity contribution in [1.82, 2.24) is 0 Å². The first-order chi connectivity index (χ1) is 8.58. The molecule has 0 atom stereocenters. The Labute approximate surface area is 117 Å². The number of nitrogen functional groups attached to an aromatic ring is 1. The molecule has 2 aromatic carbocycles. The highest BCUT2D eigenvalue weighted by Crippen LogP contribution is 2.27. The standard InChI is InChI=1S/C14H14Cl2N2/c1-9-6-13(17)14(7-12(9)16)18-8-10-4-2-3-5-11(10)15/h2-7,18H,8,17H2,1H3. The summed E-state index contributed by atoms with van der Waals surface area (Å²) < 4.78 is 0. The van der Waals surface area contributed by atoms with Gasteiger partial charge in [0.1, 0.15) is 0 Å². The second-order valence-corrected chi connectivity index (χ2v) is 4.95. The monoisotopic (exact) mass is 280 g/mol. The van der Waals surface area contributed by atoms with Gasteiger partial charge in [0.2, 0.25) is 0 Å². The topological polar surface area (TPSA) is 38.0 Å². The van der Waals surface area contributed by atoms with Crippen molar-refractivity contribution in [1.29, 1.82) is 0 Å². The number of nitrogens with one attached hydrogen (secondary N) is 1. The maximum Gasteiger partial charge on any atom is 0.0591 e. The number of hydrogen-bond donors (Lipinski definition) is 2. The summed E-state index contributed by atoms with van der Waals surface area (Å²) in [6.45, 7) is 2.54. The van der Waals surface area contributed by atoms with Crippen molar-refractivity contribution in [2.75, 3.05) is 11.1 Å². The van der Waals surface area contributed by atoms with Gasteiger partial charge in [0.15, 0.2) is 0 Å². The van der Waals surface area contributed by atoms with Crippen LogP contribution in [-0.2, 0) is 6.54 Å². The number of benzene rings is 2. The lowest BCUT2D eigenvalue weighted by molar-refractivity contribution is 1.15. The fourth-order valence-corrected chi connectivity index (χ4v) is 2.06. The second-order valence-electron chi connectivity index (χ2n) is 4.13. The van der Waals surface area contributed by atoms with Crippen LogP contribution in [0.2, 0.25) is 10.0 Å². The molecule has 2 rings (SSSR count). The molecule has 94 valence electrons. The first kappa shape index (κ1) is 13.1. The van der Waals surface area contributed by atoms with Gasteiger partial charge in [-0.3, -0.25) is 0 Å². The van der Waals surface area contributed by atoms with Gasteiger partial charge in [-0.25, -0.2) is 0 Å². The average molecular weight is 281 g/mol. The molecule has 0 spiro atoms. The molecule has 0 fully saturated rings. The van der Waals surface area contributed by atoms with Crippen LogP contribution in [0, 0.1) is 6.92 Å². The van der Waals surface area contributed by atoms with E-state index in [1.54, 1.807) is 0 Å². The number of hydrogen-bond acceptors (Lipinski definition) is 2. The molecule has 3 N–H and O–H groups in total. The predicted molar refractivity (Wildman–Crippen MR) is 79.4 cm³/mol. The molecule has 0 aliphatic carbocycles. The molecule has 0 bridgehead atoms. The normalized spacial score (nSPS) is 10.4. The van der Waals surface area contributed by atoms with Crippen LogP contribution in [0.3, 0.4) is 0 Å². The van der Waals surface area contributed by atoms with Gasteiger partial charge >= 0.3 is 0 Å². The smallest absolute Gasteiger partial charge is 0.0591 e. The molecule has 4 heteroatoms. The van der Waals surface area contributed by atoms with E-state index in [-0.39, 0.29) is 0 Å². The quantitative estimate of drug-likeness (QED) is 0.813. The molecule has 2 aromatic rings. The summed E-state index contributed by atoms with van der Waals surface area (Å²) in [5.41, 5.74) is 9.44. The third-order valence-electron chi connectivity index (χ3n) is 2.76. The molecule has 2 nitrogen and oxygen atoms in total. The third-order valence-corrected chi connectivity index (χ3v) is 3.53. The maximum atomic E-state index is 6.09. The van der Waals surface area contributed by atoms with E-state index in [2.05, 4.69) is 5.32 Å². The lowest BCUT2D eigenvalue weighted by atomic mass is 10.1. The van der Waals surface area contributed by atoms with Crippen LogP contribution in [0.4, 0.5) is 11.4 Å². The maximum absolute atomic E-state index is 6.09. The van der Waals surface area contributed by atoms with Gasteiger partial charge in [-0.2, -0.15) is 0 Å². The van der Waals surface area contributed by atoms with E-state index < -0.39 is 0 Å². The highest BCUT2D eigenvalue weighted by molar-refractivity contribution is 6.32. The van der Waals surface area contributed by atoms with Gasteiger partial charge in [0.25, 0.3) is 0 Å². The third kappa shape index (κ3) is 2.89. The highest BCUT2D eigenvalue weighted by Gasteiger charge is 2.04. The zero-order chi connectivity index (χ0) is 13.1. The molecule has 0 amide bonds. The highest BCUT2D eigenvalue weighted by atomic mass is 35.5. The summed E-state index contributed by atoms with van der Waals surface area (Å²) in [5.74, 6) is 0. The minimum atomic E-state index is 0.614. The average Bonchev–Trinajstić information content (AvgIpc) is 2.34. The molecular formula is C14H14Cl2N2. The van der Waals surface area contributed by atoms with Gasteiger partial charge in [-0.1, -0.05) is 41.4 Å². The molecule has 0 saturated heterocycles. The van der Waals surface area contributed by atoms with E-state index >= 15 is 0 Å². The summed E-state index contributed by atoms with van der Waals surface area (Å²) in [6.07, 6.45) is 0. The van der Waals surface area contributed by atoms with E-state index in [1.807, 2.05) is 43.3 Å². The second kappa shape index (κ2) is 5.51. The lowest BCUT2D eigenvalue weighted by Gasteiger charge is -2.12. The minimum absolute atomic E-state index is 0.614. The Morgan fingerprint density at radius 1 is 1.11 bits per heavy atom. The van der Waals surface area contributed by atoms with E-state index in [4.69, 9.17) is 28.9 Å². The summed E-state index contributed by atoms with van der Waals surface area (Å²) >= 11 is 12.2. The van der Waals surface area contributed by atoms with Crippen molar-refractivity contribution in [3.63, 3.8) is 0 Å². The van der Waals surface area contributed by atoms with Crippen LogP contribution in [0.1, 0.15) is 11.1 Å². The van der Waals surface area contributed by atoms with Crippen molar-refractivity contribution < 1.29 is 0 Å². The minimum Gasteiger partial charge on any atom is -0.397 e. The van der Waals surface area contributed by atoms with E-state index in [9.17, 15) is 0 Å². The molecule has 0 saturated carbocycles.